The van der Waals surface area contributed by atoms with E-state index in [1.165, 1.54) is 21.1 Å². The molecule has 0 saturated carbocycles. The van der Waals surface area contributed by atoms with Crippen LogP contribution < -0.4 is 15.2 Å². The Balaban J connectivity index is 2.24. The van der Waals surface area contributed by atoms with E-state index in [4.69, 9.17) is 15.7 Å². The molecule has 160 valence electrons. The number of hydroxylamine groups is 2. The standard InChI is InChI=1S/C16H23N5O6S2/c1-3-5-21(27-4-2)15(22)10-6-13-12(19-14(17)7-10)8-11(28-13)9-18-29(25,26)20-16(23)24/h6,8,18,20H,3-5,7,9H2,1-2H3,(H2,17,19)(H,23,24). The summed E-state index contributed by atoms with van der Waals surface area (Å²) in [6.45, 7) is 4.36. The summed E-state index contributed by atoms with van der Waals surface area (Å²) in [5.41, 5.74) is 6.87. The molecule has 0 atom stereocenters. The van der Waals surface area contributed by atoms with Crippen LogP contribution in [0.15, 0.2) is 16.6 Å². The first-order chi connectivity index (χ1) is 13.6. The van der Waals surface area contributed by atoms with E-state index in [2.05, 4.69) is 9.71 Å². The van der Waals surface area contributed by atoms with Crippen molar-refractivity contribution >= 4 is 51.1 Å². The van der Waals surface area contributed by atoms with Crippen molar-refractivity contribution in [1.29, 1.82) is 0 Å². The molecular formula is C16H23N5O6S2. The molecule has 1 aliphatic rings. The molecule has 1 aliphatic heterocycles. The van der Waals surface area contributed by atoms with E-state index in [0.717, 1.165) is 6.42 Å². The van der Waals surface area contributed by atoms with Crippen LogP contribution in [-0.4, -0.2) is 49.6 Å². The Hall–Kier alpha value is -2.48. The first kappa shape index (κ1) is 22.8. The highest BCUT2D eigenvalue weighted by Crippen LogP contribution is 2.34. The third kappa shape index (κ3) is 6.52. The number of nitrogens with one attached hydrogen (secondary N) is 2. The summed E-state index contributed by atoms with van der Waals surface area (Å²) in [7, 11) is -4.19. The number of carboxylic acid groups (broad SMARTS) is 1. The minimum Gasteiger partial charge on any atom is -0.464 e. The molecule has 0 aliphatic carbocycles. The second-order valence-electron chi connectivity index (χ2n) is 5.97. The van der Waals surface area contributed by atoms with Crippen molar-refractivity contribution in [3.63, 3.8) is 0 Å². The summed E-state index contributed by atoms with van der Waals surface area (Å²) < 4.78 is 26.7. The number of rotatable bonds is 9. The van der Waals surface area contributed by atoms with Crippen LogP contribution in [0.5, 0.6) is 0 Å². The lowest BCUT2D eigenvalue weighted by molar-refractivity contribution is -0.180. The Kier molecular flexibility index (Phi) is 7.73. The molecule has 0 radical (unpaired) electrons. The summed E-state index contributed by atoms with van der Waals surface area (Å²) in [5, 5.41) is 9.82. The first-order valence-corrected chi connectivity index (χ1v) is 11.1. The van der Waals surface area contributed by atoms with Crippen molar-refractivity contribution in [3.8, 4) is 0 Å². The summed E-state index contributed by atoms with van der Waals surface area (Å²) >= 11 is 1.22. The van der Waals surface area contributed by atoms with Crippen LogP contribution in [0.2, 0.25) is 0 Å². The van der Waals surface area contributed by atoms with Crippen molar-refractivity contribution in [2.45, 2.75) is 33.2 Å². The van der Waals surface area contributed by atoms with Gasteiger partial charge in [-0.05, 0) is 25.5 Å². The molecule has 2 amide bonds. The van der Waals surface area contributed by atoms with E-state index in [-0.39, 0.29) is 24.7 Å². The molecule has 0 saturated heterocycles. The topological polar surface area (TPSA) is 163 Å². The van der Waals surface area contributed by atoms with Gasteiger partial charge in [0, 0.05) is 30.0 Å². The number of hydrogen-bond donors (Lipinski definition) is 4. The zero-order chi connectivity index (χ0) is 21.6. The minimum absolute atomic E-state index is 0.145. The summed E-state index contributed by atoms with van der Waals surface area (Å²) in [4.78, 5) is 34.2. The molecule has 5 N–H and O–H groups in total. The van der Waals surface area contributed by atoms with Gasteiger partial charge < -0.3 is 10.8 Å². The van der Waals surface area contributed by atoms with Gasteiger partial charge >= 0.3 is 16.3 Å². The van der Waals surface area contributed by atoms with Crippen LogP contribution in [-0.2, 0) is 26.4 Å². The van der Waals surface area contributed by atoms with E-state index in [9.17, 15) is 18.0 Å². The number of aliphatic imine (C=N–C) groups is 1. The van der Waals surface area contributed by atoms with Gasteiger partial charge in [-0.3, -0.25) is 9.63 Å². The summed E-state index contributed by atoms with van der Waals surface area (Å²) in [6, 6.07) is 1.63. The Morgan fingerprint density at radius 2 is 2.14 bits per heavy atom. The van der Waals surface area contributed by atoms with Gasteiger partial charge in [0.05, 0.1) is 17.2 Å². The largest absolute Gasteiger partial charge is 0.464 e. The van der Waals surface area contributed by atoms with Crippen LogP contribution in [0.3, 0.4) is 0 Å². The molecule has 0 bridgehead atoms. The molecule has 2 heterocycles. The molecule has 29 heavy (non-hydrogen) atoms. The first-order valence-electron chi connectivity index (χ1n) is 8.76. The third-order valence-electron chi connectivity index (χ3n) is 3.60. The summed E-state index contributed by atoms with van der Waals surface area (Å²) in [6.07, 6.45) is 0.870. The SMILES string of the molecule is CCCN(OCC)C(=O)C1=Cc2sc(CNS(=O)(=O)NC(=O)O)cc2N=C(N)C1. The minimum atomic E-state index is -4.19. The quantitative estimate of drug-likeness (QED) is 0.416. The van der Waals surface area contributed by atoms with Crippen molar-refractivity contribution in [2.24, 2.45) is 10.7 Å². The van der Waals surface area contributed by atoms with E-state index in [1.54, 1.807) is 19.1 Å². The number of nitrogens with two attached hydrogens (primary N) is 1. The normalized spacial score (nSPS) is 13.7. The zero-order valence-electron chi connectivity index (χ0n) is 16.0. The predicted octanol–water partition coefficient (Wildman–Crippen LogP) is 1.32. The Bertz CT molecular complexity index is 932. The van der Waals surface area contributed by atoms with Crippen molar-refractivity contribution < 1.29 is 28.0 Å². The lowest BCUT2D eigenvalue weighted by Crippen LogP contribution is -2.38. The molecule has 1 aromatic heterocycles. The van der Waals surface area contributed by atoms with Crippen LogP contribution in [0, 0.1) is 0 Å². The highest BCUT2D eigenvalue weighted by Gasteiger charge is 2.23. The second-order valence-corrected chi connectivity index (χ2v) is 8.64. The fourth-order valence-corrected chi connectivity index (χ4v) is 4.27. The second kappa shape index (κ2) is 9.82. The van der Waals surface area contributed by atoms with Crippen molar-refractivity contribution in [3.05, 3.63) is 21.4 Å². The number of thiophene rings is 1. The van der Waals surface area contributed by atoms with Gasteiger partial charge in [-0.25, -0.2) is 19.6 Å². The number of nitrogens with zero attached hydrogens (tertiary/aromatic N) is 2. The lowest BCUT2D eigenvalue weighted by atomic mass is 10.1. The molecule has 0 fully saturated rings. The molecule has 0 aromatic carbocycles. The van der Waals surface area contributed by atoms with Gasteiger partial charge in [-0.15, -0.1) is 11.3 Å². The van der Waals surface area contributed by atoms with Gasteiger partial charge in [-0.1, -0.05) is 6.92 Å². The maximum absolute atomic E-state index is 12.8. The number of amides is 2. The molecule has 11 nitrogen and oxygen atoms in total. The predicted molar refractivity (Wildman–Crippen MR) is 109 cm³/mol. The zero-order valence-corrected chi connectivity index (χ0v) is 17.6. The molecule has 0 spiro atoms. The molecule has 13 heteroatoms. The maximum atomic E-state index is 12.8. The Morgan fingerprint density at radius 3 is 2.76 bits per heavy atom. The average molecular weight is 446 g/mol. The number of hydrogen-bond acceptors (Lipinski definition) is 8. The van der Waals surface area contributed by atoms with Gasteiger partial charge in [-0.2, -0.15) is 13.1 Å². The van der Waals surface area contributed by atoms with Crippen LogP contribution in [0.25, 0.3) is 6.08 Å². The summed E-state index contributed by atoms with van der Waals surface area (Å²) in [5.74, 6) is -0.0604. The van der Waals surface area contributed by atoms with Crippen LogP contribution >= 0.6 is 11.3 Å². The number of amidine groups is 1. The maximum Gasteiger partial charge on any atom is 0.419 e. The Morgan fingerprint density at radius 1 is 1.41 bits per heavy atom. The number of carbonyl (C=O) groups is 2. The fraction of sp³-hybridized carbons (Fsp3) is 0.438. The number of fused-ring (bicyclic) bond motifs is 1. The molecular weight excluding hydrogens is 422 g/mol. The van der Waals surface area contributed by atoms with Gasteiger partial charge in [0.2, 0.25) is 0 Å². The van der Waals surface area contributed by atoms with E-state index in [0.29, 0.717) is 34.2 Å². The third-order valence-corrected chi connectivity index (χ3v) is 5.64. The monoisotopic (exact) mass is 445 g/mol. The highest BCUT2D eigenvalue weighted by atomic mass is 32.2. The van der Waals surface area contributed by atoms with Gasteiger partial charge in [0.15, 0.2) is 0 Å². The van der Waals surface area contributed by atoms with Crippen molar-refractivity contribution in [1.82, 2.24) is 14.5 Å². The molecule has 2 rings (SSSR count). The van der Waals surface area contributed by atoms with Gasteiger partial charge in [0.1, 0.15) is 5.84 Å². The van der Waals surface area contributed by atoms with E-state index < -0.39 is 16.3 Å². The highest BCUT2D eigenvalue weighted by molar-refractivity contribution is 7.88. The van der Waals surface area contributed by atoms with E-state index in [1.807, 2.05) is 6.92 Å². The average Bonchev–Trinajstić information content (AvgIpc) is 2.91. The smallest absolute Gasteiger partial charge is 0.419 e. The van der Waals surface area contributed by atoms with Crippen LogP contribution in [0.1, 0.15) is 36.4 Å². The lowest BCUT2D eigenvalue weighted by Gasteiger charge is -2.21. The van der Waals surface area contributed by atoms with Gasteiger partial charge in [0.25, 0.3) is 5.91 Å². The number of carbonyl (C=O) groups excluding carboxylic acids is 1. The fourth-order valence-electron chi connectivity index (χ4n) is 2.52. The molecule has 0 unspecified atom stereocenters. The molecule has 1 aromatic rings. The Labute approximate surface area is 172 Å². The van der Waals surface area contributed by atoms with Crippen LogP contribution in [0.4, 0.5) is 10.5 Å². The van der Waals surface area contributed by atoms with Crippen molar-refractivity contribution in [2.75, 3.05) is 13.2 Å². The van der Waals surface area contributed by atoms with E-state index >= 15 is 0 Å².